The van der Waals surface area contributed by atoms with Crippen LogP contribution in [0.15, 0.2) is 0 Å². The molecule has 1 atom stereocenters. The molecule has 1 heterocycles. The van der Waals surface area contributed by atoms with E-state index in [1.54, 1.807) is 4.31 Å². The molecule has 106 valence electrons. The van der Waals surface area contributed by atoms with E-state index in [0.29, 0.717) is 17.3 Å². The highest BCUT2D eigenvalue weighted by molar-refractivity contribution is 7.90. The van der Waals surface area contributed by atoms with Crippen molar-refractivity contribution < 1.29 is 8.42 Å². The minimum absolute atomic E-state index is 0.0471. The molecule has 2 rings (SSSR count). The Labute approximate surface area is 112 Å². The van der Waals surface area contributed by atoms with Crippen LogP contribution in [0.1, 0.15) is 53.4 Å². The van der Waals surface area contributed by atoms with Gasteiger partial charge in [0, 0.05) is 13.1 Å². The summed E-state index contributed by atoms with van der Waals surface area (Å²) >= 11 is 0. The van der Waals surface area contributed by atoms with Crippen LogP contribution < -0.4 is 0 Å². The first kappa shape index (κ1) is 14.3. The molecule has 1 aliphatic carbocycles. The second-order valence-electron chi connectivity index (χ2n) is 7.14. The molecular weight excluding hydrogens is 246 g/mol. The van der Waals surface area contributed by atoms with E-state index in [4.69, 9.17) is 0 Å². The van der Waals surface area contributed by atoms with Gasteiger partial charge in [-0.25, -0.2) is 12.7 Å². The van der Waals surface area contributed by atoms with E-state index in [-0.39, 0.29) is 5.25 Å². The number of hydrogen-bond donors (Lipinski definition) is 0. The Bertz CT molecular complexity index is 385. The van der Waals surface area contributed by atoms with Gasteiger partial charge >= 0.3 is 0 Å². The lowest BCUT2D eigenvalue weighted by Crippen LogP contribution is -2.42. The Morgan fingerprint density at radius 2 is 1.56 bits per heavy atom. The van der Waals surface area contributed by atoms with Gasteiger partial charge in [0.2, 0.25) is 10.0 Å². The second kappa shape index (κ2) is 4.78. The predicted molar refractivity (Wildman–Crippen MR) is 74.9 cm³/mol. The maximum Gasteiger partial charge on any atom is 0.216 e. The van der Waals surface area contributed by atoms with Gasteiger partial charge in [-0.05, 0) is 42.9 Å². The second-order valence-corrected chi connectivity index (χ2v) is 9.35. The number of rotatable bonds is 3. The summed E-state index contributed by atoms with van der Waals surface area (Å²) in [5.41, 5.74) is 0.322. The Balaban J connectivity index is 1.92. The van der Waals surface area contributed by atoms with Crippen molar-refractivity contribution in [2.24, 2.45) is 17.3 Å². The molecule has 0 aromatic carbocycles. The molecule has 0 radical (unpaired) electrons. The molecule has 1 saturated heterocycles. The van der Waals surface area contributed by atoms with E-state index in [1.165, 1.54) is 0 Å². The summed E-state index contributed by atoms with van der Waals surface area (Å²) < 4.78 is 26.0. The minimum atomic E-state index is -2.94. The van der Waals surface area contributed by atoms with Gasteiger partial charge in [-0.2, -0.15) is 0 Å². The molecule has 0 aromatic heterocycles. The molecule has 18 heavy (non-hydrogen) atoms. The van der Waals surface area contributed by atoms with Crippen LogP contribution in [0.3, 0.4) is 0 Å². The molecule has 2 aliphatic rings. The fourth-order valence-electron chi connectivity index (χ4n) is 2.91. The maximum absolute atomic E-state index is 12.1. The first-order valence-electron chi connectivity index (χ1n) is 7.22. The molecule has 2 fully saturated rings. The van der Waals surface area contributed by atoms with E-state index >= 15 is 0 Å². The van der Waals surface area contributed by atoms with Crippen LogP contribution in [0, 0.1) is 17.3 Å². The molecule has 0 aromatic rings. The summed E-state index contributed by atoms with van der Waals surface area (Å²) in [7, 11) is -2.94. The highest BCUT2D eigenvalue weighted by Crippen LogP contribution is 2.39. The predicted octanol–water partition coefficient (Wildman–Crippen LogP) is 2.87. The monoisotopic (exact) mass is 273 g/mol. The Morgan fingerprint density at radius 3 is 1.94 bits per heavy atom. The van der Waals surface area contributed by atoms with E-state index in [1.807, 2.05) is 0 Å². The topological polar surface area (TPSA) is 37.4 Å². The molecule has 1 saturated carbocycles. The molecule has 0 N–H and O–H groups in total. The normalized spacial score (nSPS) is 26.2. The van der Waals surface area contributed by atoms with Crippen molar-refractivity contribution in [3.8, 4) is 0 Å². The highest BCUT2D eigenvalue weighted by atomic mass is 32.2. The third kappa shape index (κ3) is 2.90. The lowest BCUT2D eigenvalue weighted by Gasteiger charge is -2.39. The average molecular weight is 273 g/mol. The minimum Gasteiger partial charge on any atom is -0.212 e. The summed E-state index contributed by atoms with van der Waals surface area (Å²) in [5, 5.41) is -0.0471. The fourth-order valence-corrected chi connectivity index (χ4v) is 4.79. The lowest BCUT2D eigenvalue weighted by atomic mass is 9.71. The zero-order valence-electron chi connectivity index (χ0n) is 12.1. The van der Waals surface area contributed by atoms with Crippen LogP contribution in [0.5, 0.6) is 0 Å². The largest absolute Gasteiger partial charge is 0.216 e. The Morgan fingerprint density at radius 1 is 1.06 bits per heavy atom. The Hall–Kier alpha value is -0.0900. The quantitative estimate of drug-likeness (QED) is 0.793. The molecule has 0 bridgehead atoms. The van der Waals surface area contributed by atoms with Crippen molar-refractivity contribution in [1.29, 1.82) is 0 Å². The third-order valence-corrected chi connectivity index (χ3v) is 7.28. The van der Waals surface area contributed by atoms with E-state index in [2.05, 4.69) is 27.7 Å². The third-order valence-electron chi connectivity index (χ3n) is 4.88. The van der Waals surface area contributed by atoms with Gasteiger partial charge in [0.1, 0.15) is 0 Å². The summed E-state index contributed by atoms with van der Waals surface area (Å²) in [6.07, 6.45) is 3.82. The van der Waals surface area contributed by atoms with E-state index in [0.717, 1.165) is 38.8 Å². The van der Waals surface area contributed by atoms with Crippen LogP contribution in [0.2, 0.25) is 0 Å². The van der Waals surface area contributed by atoms with Crippen LogP contribution in [0.4, 0.5) is 0 Å². The molecule has 0 amide bonds. The first-order valence-corrected chi connectivity index (χ1v) is 8.72. The van der Waals surface area contributed by atoms with Gasteiger partial charge in [-0.3, -0.25) is 0 Å². The first-order chi connectivity index (χ1) is 8.23. The molecule has 1 aliphatic heterocycles. The van der Waals surface area contributed by atoms with Gasteiger partial charge in [0.15, 0.2) is 0 Å². The summed E-state index contributed by atoms with van der Waals surface area (Å²) in [5.74, 6) is 1.33. The van der Waals surface area contributed by atoms with E-state index in [9.17, 15) is 8.42 Å². The van der Waals surface area contributed by atoms with Gasteiger partial charge in [-0.1, -0.05) is 27.7 Å². The summed E-state index contributed by atoms with van der Waals surface area (Å²) in [4.78, 5) is 0. The van der Waals surface area contributed by atoms with Crippen LogP contribution in [-0.2, 0) is 10.0 Å². The number of hydrogen-bond acceptors (Lipinski definition) is 2. The zero-order valence-corrected chi connectivity index (χ0v) is 13.0. The smallest absolute Gasteiger partial charge is 0.212 e. The van der Waals surface area contributed by atoms with Crippen LogP contribution in [0.25, 0.3) is 0 Å². The highest BCUT2D eigenvalue weighted by Gasteiger charge is 2.42. The van der Waals surface area contributed by atoms with Gasteiger partial charge in [0.05, 0.1) is 5.25 Å². The average Bonchev–Trinajstić information content (AvgIpc) is 3.11. The zero-order chi connectivity index (χ0) is 13.6. The van der Waals surface area contributed by atoms with Crippen molar-refractivity contribution in [3.63, 3.8) is 0 Å². The number of piperidine rings is 1. The Kier molecular flexibility index (Phi) is 3.81. The van der Waals surface area contributed by atoms with Gasteiger partial charge in [0.25, 0.3) is 0 Å². The fraction of sp³-hybridized carbons (Fsp3) is 1.00. The van der Waals surface area contributed by atoms with Crippen LogP contribution in [-0.4, -0.2) is 31.1 Å². The van der Waals surface area contributed by atoms with Crippen molar-refractivity contribution in [3.05, 3.63) is 0 Å². The molecule has 1 unspecified atom stereocenters. The van der Waals surface area contributed by atoms with Crippen molar-refractivity contribution in [2.75, 3.05) is 13.1 Å². The lowest BCUT2D eigenvalue weighted by molar-refractivity contribution is 0.126. The SMILES string of the molecule is CC(C1CCN(S(=O)(=O)C2CC2)CC1)C(C)(C)C. The molecular formula is C14H27NO2S. The molecule has 3 nitrogen and oxygen atoms in total. The van der Waals surface area contributed by atoms with Crippen molar-refractivity contribution in [2.45, 2.75) is 58.6 Å². The maximum atomic E-state index is 12.1. The van der Waals surface area contributed by atoms with Crippen LogP contribution >= 0.6 is 0 Å². The summed E-state index contributed by atoms with van der Waals surface area (Å²) in [6.45, 7) is 10.6. The molecule has 0 spiro atoms. The van der Waals surface area contributed by atoms with Gasteiger partial charge in [-0.15, -0.1) is 0 Å². The number of nitrogens with zero attached hydrogens (tertiary/aromatic N) is 1. The standard InChI is InChI=1S/C14H27NO2S/c1-11(14(2,3)4)12-7-9-15(10-8-12)18(16,17)13-5-6-13/h11-13H,5-10H2,1-4H3. The van der Waals surface area contributed by atoms with E-state index < -0.39 is 10.0 Å². The number of sulfonamides is 1. The summed E-state index contributed by atoms with van der Waals surface area (Å²) in [6, 6.07) is 0. The van der Waals surface area contributed by atoms with Gasteiger partial charge < -0.3 is 0 Å². The molecule has 4 heteroatoms. The van der Waals surface area contributed by atoms with Crippen molar-refractivity contribution >= 4 is 10.0 Å². The van der Waals surface area contributed by atoms with Crippen molar-refractivity contribution in [1.82, 2.24) is 4.31 Å².